The lowest BCUT2D eigenvalue weighted by atomic mass is 10.0. The number of hydrogen-bond donors (Lipinski definition) is 2. The molecule has 1 aromatic carbocycles. The van der Waals surface area contributed by atoms with Crippen LogP contribution in [0.25, 0.3) is 0 Å². The molecule has 0 saturated carbocycles. The molecule has 20 heavy (non-hydrogen) atoms. The largest absolute Gasteiger partial charge is 0.419 e. The van der Waals surface area contributed by atoms with Gasteiger partial charge < -0.3 is 4.90 Å². The summed E-state index contributed by atoms with van der Waals surface area (Å²) in [7, 11) is 0. The molecule has 2 rings (SSSR count). The number of carbonyl (C=O) groups excluding carboxylic acids is 1. The van der Waals surface area contributed by atoms with E-state index in [1.165, 1.54) is 4.90 Å². The molecule has 8 heteroatoms. The summed E-state index contributed by atoms with van der Waals surface area (Å²) in [5.74, 6) is -1.61. The Morgan fingerprint density at radius 3 is 2.60 bits per heavy atom. The summed E-state index contributed by atoms with van der Waals surface area (Å²) < 4.78 is 51.3. The number of urea groups is 1. The minimum atomic E-state index is -4.82. The van der Waals surface area contributed by atoms with Crippen LogP contribution in [0.1, 0.15) is 24.1 Å². The van der Waals surface area contributed by atoms with E-state index in [1.807, 2.05) is 0 Å². The van der Waals surface area contributed by atoms with Crippen molar-refractivity contribution < 1.29 is 22.4 Å². The highest BCUT2D eigenvalue weighted by molar-refractivity contribution is 6.06. The monoisotopic (exact) mass is 289 g/mol. The zero-order valence-electron chi connectivity index (χ0n) is 10.4. The maximum absolute atomic E-state index is 13.2. The highest BCUT2D eigenvalue weighted by atomic mass is 19.4. The van der Waals surface area contributed by atoms with Crippen LogP contribution in [0.4, 0.5) is 22.4 Å². The Kier molecular flexibility index (Phi) is 3.41. The lowest BCUT2D eigenvalue weighted by Gasteiger charge is -2.22. The second kappa shape index (κ2) is 4.77. The molecule has 1 saturated heterocycles. The molecule has 2 N–H and O–H groups in total. The molecule has 1 fully saturated rings. The van der Waals surface area contributed by atoms with E-state index in [9.17, 15) is 22.4 Å². The zero-order valence-corrected chi connectivity index (χ0v) is 10.4. The van der Waals surface area contributed by atoms with Crippen LogP contribution in [-0.2, 0) is 6.18 Å². The quantitative estimate of drug-likeness (QED) is 0.808. The summed E-state index contributed by atoms with van der Waals surface area (Å²) in [6, 6.07) is 0.973. The summed E-state index contributed by atoms with van der Waals surface area (Å²) in [5, 5.41) is 9.87. The van der Waals surface area contributed by atoms with Gasteiger partial charge in [-0.25, -0.2) is 9.18 Å². The Balaban J connectivity index is 2.48. The van der Waals surface area contributed by atoms with Crippen LogP contribution in [-0.4, -0.2) is 23.3 Å². The molecular weight excluding hydrogens is 278 g/mol. The number of likely N-dealkylation sites (N-methyl/N-ethyl adjacent to an activating group) is 1. The van der Waals surface area contributed by atoms with Crippen LogP contribution in [0.3, 0.4) is 0 Å². The van der Waals surface area contributed by atoms with E-state index < -0.39 is 29.6 Å². The van der Waals surface area contributed by atoms with Crippen molar-refractivity contribution in [2.24, 2.45) is 0 Å². The topological polar surface area (TPSA) is 56.2 Å². The van der Waals surface area contributed by atoms with Crippen LogP contribution >= 0.6 is 0 Å². The number of benzene rings is 1. The Morgan fingerprint density at radius 2 is 2.05 bits per heavy atom. The fourth-order valence-electron chi connectivity index (χ4n) is 2.13. The minimum Gasteiger partial charge on any atom is -0.310 e. The molecule has 1 aliphatic rings. The molecule has 108 valence electrons. The first-order valence-electron chi connectivity index (χ1n) is 5.78. The molecule has 0 bridgehead atoms. The van der Waals surface area contributed by atoms with E-state index in [-0.39, 0.29) is 17.9 Å². The molecule has 0 aromatic heterocycles. The number of amides is 2. The predicted molar refractivity (Wildman–Crippen MR) is 62.8 cm³/mol. The summed E-state index contributed by atoms with van der Waals surface area (Å²) in [6.07, 6.45) is -4.82. The fourth-order valence-corrected chi connectivity index (χ4v) is 2.13. The van der Waals surface area contributed by atoms with Crippen molar-refractivity contribution in [1.82, 2.24) is 10.2 Å². The Labute approximate surface area is 111 Å². The van der Waals surface area contributed by atoms with Gasteiger partial charge in [0.25, 0.3) is 0 Å². The number of nitrogens with zero attached hydrogens (tertiary/aromatic N) is 1. The van der Waals surface area contributed by atoms with Gasteiger partial charge in [0.15, 0.2) is 0 Å². The highest BCUT2D eigenvalue weighted by Crippen LogP contribution is 2.35. The SMILES string of the molecule is CCN1C(=O)NC(=N)C1c1ccc(F)c(C(F)(F)F)c1. The maximum atomic E-state index is 13.2. The average Bonchev–Trinajstić information content (AvgIpc) is 2.62. The molecule has 1 heterocycles. The highest BCUT2D eigenvalue weighted by Gasteiger charge is 2.39. The van der Waals surface area contributed by atoms with Crippen LogP contribution in [0, 0.1) is 11.2 Å². The van der Waals surface area contributed by atoms with Gasteiger partial charge in [-0.2, -0.15) is 13.2 Å². The van der Waals surface area contributed by atoms with Gasteiger partial charge in [-0.1, -0.05) is 6.07 Å². The molecule has 1 unspecified atom stereocenters. The standard InChI is InChI=1S/C12H11F4N3O/c1-2-19-9(10(17)18-11(19)20)6-3-4-8(13)7(5-6)12(14,15)16/h3-5,9H,2H2,1H3,(H2,17,18,20). The van der Waals surface area contributed by atoms with E-state index in [4.69, 9.17) is 5.41 Å². The molecule has 0 aliphatic carbocycles. The predicted octanol–water partition coefficient (Wildman–Crippen LogP) is 2.91. The van der Waals surface area contributed by atoms with E-state index in [1.54, 1.807) is 6.92 Å². The number of alkyl halides is 3. The van der Waals surface area contributed by atoms with Crippen LogP contribution in [0.5, 0.6) is 0 Å². The molecular formula is C12H11F4N3O. The molecule has 1 aliphatic heterocycles. The number of amidine groups is 1. The second-order valence-corrected chi connectivity index (χ2v) is 4.27. The third-order valence-corrected chi connectivity index (χ3v) is 3.04. The molecule has 0 radical (unpaired) electrons. The van der Waals surface area contributed by atoms with Gasteiger partial charge in [-0.05, 0) is 24.6 Å². The average molecular weight is 289 g/mol. The smallest absolute Gasteiger partial charge is 0.310 e. The summed E-state index contributed by atoms with van der Waals surface area (Å²) in [6.45, 7) is 1.86. The number of nitrogens with one attached hydrogen (secondary N) is 2. The third-order valence-electron chi connectivity index (χ3n) is 3.04. The fraction of sp³-hybridized carbons (Fsp3) is 0.333. The molecule has 4 nitrogen and oxygen atoms in total. The molecule has 1 atom stereocenters. The lowest BCUT2D eigenvalue weighted by molar-refractivity contribution is -0.140. The first kappa shape index (κ1) is 14.3. The summed E-state index contributed by atoms with van der Waals surface area (Å²) in [5.41, 5.74) is -1.36. The van der Waals surface area contributed by atoms with Crippen molar-refractivity contribution in [3.63, 3.8) is 0 Å². The third kappa shape index (κ3) is 2.33. The number of hydrogen-bond acceptors (Lipinski definition) is 2. The van der Waals surface area contributed by atoms with Gasteiger partial charge in [-0.3, -0.25) is 10.7 Å². The number of rotatable bonds is 2. The van der Waals surface area contributed by atoms with Crippen molar-refractivity contribution in [2.45, 2.75) is 19.1 Å². The summed E-state index contributed by atoms with van der Waals surface area (Å²) in [4.78, 5) is 12.7. The number of carbonyl (C=O) groups is 1. The molecule has 1 aromatic rings. The Morgan fingerprint density at radius 1 is 1.40 bits per heavy atom. The Hall–Kier alpha value is -2.12. The lowest BCUT2D eigenvalue weighted by Crippen LogP contribution is -2.29. The van der Waals surface area contributed by atoms with Crippen LogP contribution < -0.4 is 5.32 Å². The van der Waals surface area contributed by atoms with Crippen molar-refractivity contribution in [3.05, 3.63) is 35.1 Å². The first-order valence-corrected chi connectivity index (χ1v) is 5.78. The van der Waals surface area contributed by atoms with Crippen molar-refractivity contribution >= 4 is 11.9 Å². The van der Waals surface area contributed by atoms with Crippen LogP contribution in [0.2, 0.25) is 0 Å². The van der Waals surface area contributed by atoms with Gasteiger partial charge >= 0.3 is 12.2 Å². The first-order chi connectivity index (χ1) is 9.25. The van der Waals surface area contributed by atoms with Gasteiger partial charge in [0.1, 0.15) is 17.7 Å². The van der Waals surface area contributed by atoms with Crippen molar-refractivity contribution in [1.29, 1.82) is 5.41 Å². The zero-order chi connectivity index (χ0) is 15.1. The molecule has 0 spiro atoms. The second-order valence-electron chi connectivity index (χ2n) is 4.27. The van der Waals surface area contributed by atoms with Gasteiger partial charge in [-0.15, -0.1) is 0 Å². The van der Waals surface area contributed by atoms with E-state index in [0.29, 0.717) is 12.1 Å². The maximum Gasteiger partial charge on any atom is 0.419 e. The van der Waals surface area contributed by atoms with E-state index >= 15 is 0 Å². The number of halogens is 4. The molecule has 2 amide bonds. The van der Waals surface area contributed by atoms with Gasteiger partial charge in [0.2, 0.25) is 0 Å². The summed E-state index contributed by atoms with van der Waals surface area (Å²) >= 11 is 0. The van der Waals surface area contributed by atoms with E-state index in [0.717, 1.165) is 6.07 Å². The Bertz CT molecular complexity index is 570. The van der Waals surface area contributed by atoms with E-state index in [2.05, 4.69) is 5.32 Å². The van der Waals surface area contributed by atoms with Crippen molar-refractivity contribution in [3.8, 4) is 0 Å². The van der Waals surface area contributed by atoms with Gasteiger partial charge in [0.05, 0.1) is 5.56 Å². The minimum absolute atomic E-state index is 0.0453. The van der Waals surface area contributed by atoms with Crippen molar-refractivity contribution in [2.75, 3.05) is 6.54 Å². The normalized spacial score (nSPS) is 19.4. The van der Waals surface area contributed by atoms with Gasteiger partial charge in [0, 0.05) is 6.54 Å². The van der Waals surface area contributed by atoms with Crippen LogP contribution in [0.15, 0.2) is 18.2 Å².